The van der Waals surface area contributed by atoms with Crippen molar-refractivity contribution in [2.24, 2.45) is 0 Å². The topological polar surface area (TPSA) is 55.4 Å². The molecule has 0 heterocycles. The zero-order chi connectivity index (χ0) is 17.5. The van der Waals surface area contributed by atoms with Crippen molar-refractivity contribution >= 4 is 18.0 Å². The number of amides is 1. The first-order valence-electron chi connectivity index (χ1n) is 7.70. The van der Waals surface area contributed by atoms with E-state index < -0.39 is 0 Å². The van der Waals surface area contributed by atoms with E-state index in [1.165, 1.54) is 18.7 Å². The molecule has 0 saturated heterocycles. The number of methoxy groups -OCH3 is 1. The van der Waals surface area contributed by atoms with E-state index in [1.807, 2.05) is 32.1 Å². The predicted octanol–water partition coefficient (Wildman–Crippen LogP) is 3.42. The van der Waals surface area contributed by atoms with Gasteiger partial charge < -0.3 is 10.1 Å². The second kappa shape index (κ2) is 8.11. The standard InChI is InChI=1S/C20H21NO3/c1-14-4-7-17(15(2)12-14)10-11-19(22)21-13-16-5-8-18(9-6-16)20(23)24-3/h4-12H,13H2,1-3H3,(H,21,22)/b11-10+. The van der Waals surface area contributed by atoms with Gasteiger partial charge in [0, 0.05) is 12.6 Å². The summed E-state index contributed by atoms with van der Waals surface area (Å²) in [5.41, 5.74) is 4.76. The Morgan fingerprint density at radius 1 is 1.08 bits per heavy atom. The molecule has 1 amide bonds. The Hall–Kier alpha value is -2.88. The maximum atomic E-state index is 11.9. The summed E-state index contributed by atoms with van der Waals surface area (Å²) in [7, 11) is 1.35. The van der Waals surface area contributed by atoms with Crippen molar-refractivity contribution in [1.29, 1.82) is 0 Å². The smallest absolute Gasteiger partial charge is 0.337 e. The van der Waals surface area contributed by atoms with Crippen molar-refractivity contribution < 1.29 is 14.3 Å². The van der Waals surface area contributed by atoms with E-state index in [9.17, 15) is 9.59 Å². The maximum absolute atomic E-state index is 11.9. The summed E-state index contributed by atoms with van der Waals surface area (Å²) in [6.07, 6.45) is 3.34. The van der Waals surface area contributed by atoms with Gasteiger partial charge in [0.05, 0.1) is 12.7 Å². The Bertz CT molecular complexity index is 761. The third-order valence-corrected chi connectivity index (χ3v) is 3.68. The highest BCUT2D eigenvalue weighted by Crippen LogP contribution is 2.12. The van der Waals surface area contributed by atoms with Gasteiger partial charge in [0.15, 0.2) is 0 Å². The molecule has 0 bridgehead atoms. The molecule has 2 rings (SSSR count). The summed E-state index contributed by atoms with van der Waals surface area (Å²) in [5.74, 6) is -0.533. The lowest BCUT2D eigenvalue weighted by molar-refractivity contribution is -0.116. The Balaban J connectivity index is 1.91. The van der Waals surface area contributed by atoms with Crippen molar-refractivity contribution in [1.82, 2.24) is 5.32 Å². The number of hydrogen-bond acceptors (Lipinski definition) is 3. The minimum atomic E-state index is -0.373. The lowest BCUT2D eigenvalue weighted by atomic mass is 10.1. The molecular formula is C20H21NO3. The van der Waals surface area contributed by atoms with E-state index >= 15 is 0 Å². The van der Waals surface area contributed by atoms with Crippen molar-refractivity contribution in [3.05, 3.63) is 76.4 Å². The zero-order valence-corrected chi connectivity index (χ0v) is 14.1. The third kappa shape index (κ3) is 4.81. The maximum Gasteiger partial charge on any atom is 0.337 e. The molecule has 1 N–H and O–H groups in total. The molecule has 0 aliphatic carbocycles. The van der Waals surface area contributed by atoms with Crippen LogP contribution in [0.1, 0.15) is 32.6 Å². The monoisotopic (exact) mass is 323 g/mol. The normalized spacial score (nSPS) is 10.6. The highest BCUT2D eigenvalue weighted by molar-refractivity contribution is 5.92. The van der Waals surface area contributed by atoms with Gasteiger partial charge in [-0.25, -0.2) is 4.79 Å². The van der Waals surface area contributed by atoms with Crippen LogP contribution in [-0.2, 0) is 16.1 Å². The van der Waals surface area contributed by atoms with Crippen molar-refractivity contribution in [3.63, 3.8) is 0 Å². The summed E-state index contributed by atoms with van der Waals surface area (Å²) in [5, 5.41) is 2.82. The van der Waals surface area contributed by atoms with Gasteiger partial charge >= 0.3 is 5.97 Å². The fourth-order valence-corrected chi connectivity index (χ4v) is 2.30. The molecule has 24 heavy (non-hydrogen) atoms. The molecule has 0 saturated carbocycles. The summed E-state index contributed by atoms with van der Waals surface area (Å²) in [6, 6.07) is 13.0. The van der Waals surface area contributed by atoms with Crippen LogP contribution in [0.15, 0.2) is 48.5 Å². The molecule has 0 spiro atoms. The van der Waals surface area contributed by atoms with Gasteiger partial charge in [-0.15, -0.1) is 0 Å². The van der Waals surface area contributed by atoms with Crippen LogP contribution >= 0.6 is 0 Å². The number of nitrogens with one attached hydrogen (secondary N) is 1. The Morgan fingerprint density at radius 2 is 1.79 bits per heavy atom. The van der Waals surface area contributed by atoms with E-state index in [1.54, 1.807) is 24.3 Å². The van der Waals surface area contributed by atoms with E-state index in [4.69, 9.17) is 0 Å². The first kappa shape index (κ1) is 17.5. The number of esters is 1. The fourth-order valence-electron chi connectivity index (χ4n) is 2.30. The van der Waals surface area contributed by atoms with Crippen LogP contribution in [0.25, 0.3) is 6.08 Å². The molecular weight excluding hydrogens is 302 g/mol. The molecule has 0 unspecified atom stereocenters. The van der Waals surface area contributed by atoms with E-state index in [0.717, 1.165) is 16.7 Å². The molecule has 0 aromatic heterocycles. The van der Waals surface area contributed by atoms with Crippen molar-refractivity contribution in [2.45, 2.75) is 20.4 Å². The SMILES string of the molecule is COC(=O)c1ccc(CNC(=O)/C=C/c2ccc(C)cc2C)cc1. The Kier molecular flexibility index (Phi) is 5.90. The first-order valence-corrected chi connectivity index (χ1v) is 7.70. The first-order chi connectivity index (χ1) is 11.5. The molecule has 4 nitrogen and oxygen atoms in total. The van der Waals surface area contributed by atoms with Gasteiger partial charge in [-0.1, -0.05) is 35.9 Å². The van der Waals surface area contributed by atoms with Gasteiger partial charge in [0.25, 0.3) is 0 Å². The molecule has 0 aliphatic heterocycles. The van der Waals surface area contributed by atoms with Crippen LogP contribution in [0, 0.1) is 13.8 Å². The minimum Gasteiger partial charge on any atom is -0.465 e. The van der Waals surface area contributed by atoms with Crippen LogP contribution in [0.5, 0.6) is 0 Å². The van der Waals surface area contributed by atoms with Gasteiger partial charge in [-0.05, 0) is 48.7 Å². The van der Waals surface area contributed by atoms with Gasteiger partial charge in [-0.2, -0.15) is 0 Å². The average molecular weight is 323 g/mol. The molecule has 4 heteroatoms. The second-order valence-electron chi connectivity index (χ2n) is 5.60. The number of benzene rings is 2. The molecule has 2 aromatic rings. The lowest BCUT2D eigenvalue weighted by Gasteiger charge is -2.05. The minimum absolute atomic E-state index is 0.160. The van der Waals surface area contributed by atoms with Crippen LogP contribution in [0.3, 0.4) is 0 Å². The van der Waals surface area contributed by atoms with Gasteiger partial charge in [0.1, 0.15) is 0 Å². The summed E-state index contributed by atoms with van der Waals surface area (Å²) >= 11 is 0. The number of carbonyl (C=O) groups is 2. The summed E-state index contributed by atoms with van der Waals surface area (Å²) < 4.78 is 4.65. The third-order valence-electron chi connectivity index (χ3n) is 3.68. The second-order valence-corrected chi connectivity index (χ2v) is 5.60. The van der Waals surface area contributed by atoms with Crippen LogP contribution in [0.2, 0.25) is 0 Å². The molecule has 124 valence electrons. The Labute approximate surface area is 142 Å². The quantitative estimate of drug-likeness (QED) is 0.677. The van der Waals surface area contributed by atoms with E-state index in [-0.39, 0.29) is 11.9 Å². The predicted molar refractivity (Wildman–Crippen MR) is 94.6 cm³/mol. The van der Waals surface area contributed by atoms with E-state index in [0.29, 0.717) is 12.1 Å². The van der Waals surface area contributed by atoms with Crippen molar-refractivity contribution in [2.75, 3.05) is 7.11 Å². The molecule has 0 aliphatic rings. The summed E-state index contributed by atoms with van der Waals surface area (Å²) in [4.78, 5) is 23.3. The highest BCUT2D eigenvalue weighted by Gasteiger charge is 2.04. The largest absolute Gasteiger partial charge is 0.465 e. The zero-order valence-electron chi connectivity index (χ0n) is 14.1. The number of hydrogen-bond donors (Lipinski definition) is 1. The van der Waals surface area contributed by atoms with Crippen LogP contribution in [-0.4, -0.2) is 19.0 Å². The molecule has 0 atom stereocenters. The average Bonchev–Trinajstić information content (AvgIpc) is 2.59. The molecule has 0 radical (unpaired) electrons. The highest BCUT2D eigenvalue weighted by atomic mass is 16.5. The van der Waals surface area contributed by atoms with Crippen LogP contribution < -0.4 is 5.32 Å². The number of rotatable bonds is 5. The van der Waals surface area contributed by atoms with Crippen molar-refractivity contribution in [3.8, 4) is 0 Å². The number of ether oxygens (including phenoxy) is 1. The van der Waals surface area contributed by atoms with E-state index in [2.05, 4.69) is 16.1 Å². The lowest BCUT2D eigenvalue weighted by Crippen LogP contribution is -2.20. The Morgan fingerprint density at radius 3 is 2.42 bits per heavy atom. The molecule has 2 aromatic carbocycles. The number of aryl methyl sites for hydroxylation is 2. The fraction of sp³-hybridized carbons (Fsp3) is 0.200. The summed E-state index contributed by atoms with van der Waals surface area (Å²) in [6.45, 7) is 4.46. The molecule has 0 fully saturated rings. The van der Waals surface area contributed by atoms with Gasteiger partial charge in [-0.3, -0.25) is 4.79 Å². The number of carbonyl (C=O) groups excluding carboxylic acids is 2. The van der Waals surface area contributed by atoms with Crippen LogP contribution in [0.4, 0.5) is 0 Å². The van der Waals surface area contributed by atoms with Gasteiger partial charge in [0.2, 0.25) is 5.91 Å².